The standard InChI is InChI=1S/C13H27NS/c1-5-11(6-2)10-12(14-4)13(3)8-7-9-15-13/h11-12,14H,5-10H2,1-4H3. The summed E-state index contributed by atoms with van der Waals surface area (Å²) < 4.78 is 0.497. The van der Waals surface area contributed by atoms with Crippen LogP contribution in [0, 0.1) is 5.92 Å². The van der Waals surface area contributed by atoms with Crippen molar-refractivity contribution in [2.24, 2.45) is 5.92 Å². The van der Waals surface area contributed by atoms with E-state index in [9.17, 15) is 0 Å². The highest BCUT2D eigenvalue weighted by atomic mass is 32.2. The second-order valence-corrected chi connectivity index (χ2v) is 6.65. The highest BCUT2D eigenvalue weighted by molar-refractivity contribution is 8.00. The molecule has 0 saturated carbocycles. The van der Waals surface area contributed by atoms with Crippen molar-refractivity contribution in [2.75, 3.05) is 12.8 Å². The third-order valence-corrected chi connectivity index (χ3v) is 5.70. The van der Waals surface area contributed by atoms with Gasteiger partial charge in [0, 0.05) is 10.8 Å². The first-order chi connectivity index (χ1) is 7.16. The lowest BCUT2D eigenvalue weighted by Gasteiger charge is -2.35. The van der Waals surface area contributed by atoms with Gasteiger partial charge in [-0.05, 0) is 44.9 Å². The second-order valence-electron chi connectivity index (χ2n) is 5.02. The van der Waals surface area contributed by atoms with Crippen LogP contribution >= 0.6 is 11.8 Å². The van der Waals surface area contributed by atoms with Crippen LogP contribution < -0.4 is 5.32 Å². The topological polar surface area (TPSA) is 12.0 Å². The van der Waals surface area contributed by atoms with Gasteiger partial charge in [0.2, 0.25) is 0 Å². The van der Waals surface area contributed by atoms with Crippen LogP contribution in [-0.4, -0.2) is 23.6 Å². The largest absolute Gasteiger partial charge is 0.316 e. The van der Waals surface area contributed by atoms with Crippen molar-refractivity contribution >= 4 is 11.8 Å². The van der Waals surface area contributed by atoms with Crippen molar-refractivity contribution in [3.05, 3.63) is 0 Å². The Balaban J connectivity index is 2.54. The molecule has 0 aromatic rings. The van der Waals surface area contributed by atoms with Gasteiger partial charge in [0.25, 0.3) is 0 Å². The third kappa shape index (κ3) is 3.39. The Morgan fingerprint density at radius 1 is 1.33 bits per heavy atom. The molecule has 1 N–H and O–H groups in total. The first kappa shape index (κ1) is 13.4. The molecular formula is C13H27NS. The maximum absolute atomic E-state index is 3.56. The van der Waals surface area contributed by atoms with Gasteiger partial charge in [-0.15, -0.1) is 0 Å². The van der Waals surface area contributed by atoms with Gasteiger partial charge in [0.15, 0.2) is 0 Å². The first-order valence-corrected chi connectivity index (χ1v) is 7.46. The fraction of sp³-hybridized carbons (Fsp3) is 1.00. The summed E-state index contributed by atoms with van der Waals surface area (Å²) in [5, 5.41) is 3.56. The van der Waals surface area contributed by atoms with E-state index in [4.69, 9.17) is 0 Å². The van der Waals surface area contributed by atoms with Gasteiger partial charge in [0.1, 0.15) is 0 Å². The van der Waals surface area contributed by atoms with E-state index < -0.39 is 0 Å². The van der Waals surface area contributed by atoms with Gasteiger partial charge in [-0.2, -0.15) is 11.8 Å². The second kappa shape index (κ2) is 6.15. The molecule has 1 fully saturated rings. The SMILES string of the molecule is CCC(CC)CC(NC)C1(C)CCCS1. The molecule has 2 atom stereocenters. The molecule has 0 aromatic heterocycles. The molecule has 1 nitrogen and oxygen atoms in total. The summed E-state index contributed by atoms with van der Waals surface area (Å²) in [6.07, 6.45) is 6.81. The van der Waals surface area contributed by atoms with Gasteiger partial charge in [-0.3, -0.25) is 0 Å². The molecule has 2 heteroatoms. The predicted molar refractivity (Wildman–Crippen MR) is 71.6 cm³/mol. The summed E-state index contributed by atoms with van der Waals surface area (Å²) >= 11 is 2.18. The maximum atomic E-state index is 3.56. The van der Waals surface area contributed by atoms with Crippen LogP contribution in [-0.2, 0) is 0 Å². The monoisotopic (exact) mass is 229 g/mol. The lowest BCUT2D eigenvalue weighted by molar-refractivity contribution is 0.325. The molecule has 0 bridgehead atoms. The van der Waals surface area contributed by atoms with Gasteiger partial charge in [0.05, 0.1) is 0 Å². The first-order valence-electron chi connectivity index (χ1n) is 6.47. The number of thioether (sulfide) groups is 1. The normalized spacial score (nSPS) is 28.6. The molecule has 90 valence electrons. The van der Waals surface area contributed by atoms with E-state index in [2.05, 4.69) is 44.9 Å². The van der Waals surface area contributed by atoms with Gasteiger partial charge < -0.3 is 5.32 Å². The van der Waals surface area contributed by atoms with Gasteiger partial charge in [-0.25, -0.2) is 0 Å². The maximum Gasteiger partial charge on any atom is 0.0285 e. The molecule has 15 heavy (non-hydrogen) atoms. The summed E-state index contributed by atoms with van der Waals surface area (Å²) in [4.78, 5) is 0. The summed E-state index contributed by atoms with van der Waals surface area (Å²) in [6, 6.07) is 0.704. The molecular weight excluding hydrogens is 202 g/mol. The molecule has 1 aliphatic heterocycles. The van der Waals surface area contributed by atoms with Crippen LogP contribution in [0.1, 0.15) is 52.9 Å². The van der Waals surface area contributed by atoms with E-state index in [1.54, 1.807) is 0 Å². The lowest BCUT2D eigenvalue weighted by Crippen LogP contribution is -2.44. The Hall–Kier alpha value is 0.310. The zero-order chi connectivity index (χ0) is 11.3. The van der Waals surface area contributed by atoms with Crippen molar-refractivity contribution in [2.45, 2.75) is 63.7 Å². The van der Waals surface area contributed by atoms with Crippen LogP contribution in [0.2, 0.25) is 0 Å². The molecule has 1 saturated heterocycles. The van der Waals surface area contributed by atoms with Crippen LogP contribution in [0.4, 0.5) is 0 Å². The Labute approximate surface area is 99.8 Å². The highest BCUT2D eigenvalue weighted by Gasteiger charge is 2.37. The average Bonchev–Trinajstić information content (AvgIpc) is 2.68. The smallest absolute Gasteiger partial charge is 0.0285 e. The third-order valence-electron chi connectivity index (χ3n) is 4.06. The molecule has 0 amide bonds. The molecule has 1 rings (SSSR count). The molecule has 0 aliphatic carbocycles. The highest BCUT2D eigenvalue weighted by Crippen LogP contribution is 2.42. The lowest BCUT2D eigenvalue weighted by atomic mass is 9.86. The molecule has 2 unspecified atom stereocenters. The van der Waals surface area contributed by atoms with Crippen LogP contribution in [0.5, 0.6) is 0 Å². The van der Waals surface area contributed by atoms with Crippen LogP contribution in [0.3, 0.4) is 0 Å². The summed E-state index contributed by atoms with van der Waals surface area (Å²) in [7, 11) is 2.14. The van der Waals surface area contributed by atoms with E-state index in [0.717, 1.165) is 5.92 Å². The summed E-state index contributed by atoms with van der Waals surface area (Å²) in [6.45, 7) is 7.10. The molecule has 0 spiro atoms. The molecule has 0 aromatic carbocycles. The number of hydrogen-bond acceptors (Lipinski definition) is 2. The Kier molecular flexibility index (Phi) is 5.48. The van der Waals surface area contributed by atoms with Crippen molar-refractivity contribution in [3.8, 4) is 0 Å². The van der Waals surface area contributed by atoms with E-state index in [1.165, 1.54) is 37.9 Å². The van der Waals surface area contributed by atoms with Crippen LogP contribution in [0.15, 0.2) is 0 Å². The Bertz CT molecular complexity index is 171. The minimum atomic E-state index is 0.497. The van der Waals surface area contributed by atoms with Crippen LogP contribution in [0.25, 0.3) is 0 Å². The fourth-order valence-corrected chi connectivity index (χ4v) is 4.16. The van der Waals surface area contributed by atoms with Crippen molar-refractivity contribution < 1.29 is 0 Å². The fourth-order valence-electron chi connectivity index (χ4n) is 2.70. The minimum absolute atomic E-state index is 0.497. The number of rotatable bonds is 6. The minimum Gasteiger partial charge on any atom is -0.316 e. The zero-order valence-electron chi connectivity index (χ0n) is 10.8. The van der Waals surface area contributed by atoms with Gasteiger partial charge in [-0.1, -0.05) is 26.7 Å². The summed E-state index contributed by atoms with van der Waals surface area (Å²) in [5.41, 5.74) is 0. The molecule has 1 aliphatic rings. The quantitative estimate of drug-likeness (QED) is 0.745. The number of nitrogens with one attached hydrogen (secondary N) is 1. The van der Waals surface area contributed by atoms with Gasteiger partial charge >= 0.3 is 0 Å². The van der Waals surface area contributed by atoms with Crippen molar-refractivity contribution in [3.63, 3.8) is 0 Å². The van der Waals surface area contributed by atoms with E-state index in [1.807, 2.05) is 0 Å². The number of hydrogen-bond donors (Lipinski definition) is 1. The zero-order valence-corrected chi connectivity index (χ0v) is 11.6. The summed E-state index contributed by atoms with van der Waals surface area (Å²) in [5.74, 6) is 2.26. The van der Waals surface area contributed by atoms with Crippen molar-refractivity contribution in [1.82, 2.24) is 5.32 Å². The Morgan fingerprint density at radius 2 is 2.00 bits per heavy atom. The van der Waals surface area contributed by atoms with Crippen molar-refractivity contribution in [1.29, 1.82) is 0 Å². The predicted octanol–water partition coefficient (Wildman–Crippen LogP) is 3.69. The average molecular weight is 229 g/mol. The molecule has 0 radical (unpaired) electrons. The van der Waals surface area contributed by atoms with E-state index in [-0.39, 0.29) is 0 Å². The van der Waals surface area contributed by atoms with E-state index >= 15 is 0 Å². The molecule has 1 heterocycles. The van der Waals surface area contributed by atoms with E-state index in [0.29, 0.717) is 10.8 Å². The Morgan fingerprint density at radius 3 is 2.40 bits per heavy atom.